The molecule has 0 saturated carbocycles. The molecular weight excluding hydrogens is 322 g/mol. The Morgan fingerprint density at radius 3 is 2.62 bits per heavy atom. The number of fused-ring (bicyclic) bond motifs is 4. The summed E-state index contributed by atoms with van der Waals surface area (Å²) >= 11 is 6.50. The van der Waals surface area contributed by atoms with Gasteiger partial charge in [-0.25, -0.2) is 0 Å². The number of hydrogen-bond donors (Lipinski definition) is 0. The maximum atomic E-state index is 13.0. The zero-order valence-electron chi connectivity index (χ0n) is 14.4. The molecule has 4 aliphatic rings. The van der Waals surface area contributed by atoms with E-state index in [4.69, 9.17) is 11.6 Å². The van der Waals surface area contributed by atoms with Crippen molar-refractivity contribution in [3.63, 3.8) is 0 Å². The van der Waals surface area contributed by atoms with Gasteiger partial charge in [0.15, 0.2) is 0 Å². The van der Waals surface area contributed by atoms with Gasteiger partial charge in [-0.15, -0.1) is 0 Å². The highest BCUT2D eigenvalue weighted by molar-refractivity contribution is 6.33. The Morgan fingerprint density at radius 1 is 1.12 bits per heavy atom. The van der Waals surface area contributed by atoms with Gasteiger partial charge in [0, 0.05) is 44.3 Å². The van der Waals surface area contributed by atoms with Gasteiger partial charge in [-0.2, -0.15) is 0 Å². The largest absolute Gasteiger partial charge is 0.370 e. The van der Waals surface area contributed by atoms with Gasteiger partial charge >= 0.3 is 0 Å². The predicted octanol–water partition coefficient (Wildman–Crippen LogP) is 3.11. The highest BCUT2D eigenvalue weighted by Gasteiger charge is 2.35. The van der Waals surface area contributed by atoms with Crippen LogP contribution in [0.1, 0.15) is 36.0 Å². The third kappa shape index (κ3) is 3.02. The minimum Gasteiger partial charge on any atom is -0.370 e. The summed E-state index contributed by atoms with van der Waals surface area (Å²) in [4.78, 5) is 19.8. The fourth-order valence-electron chi connectivity index (χ4n) is 4.52. The van der Waals surface area contributed by atoms with Crippen LogP contribution < -0.4 is 4.90 Å². The Kier molecular flexibility index (Phi) is 4.44. The molecular formula is C19H26ClN3O. The molecule has 1 amide bonds. The van der Waals surface area contributed by atoms with Crippen LogP contribution in [0, 0.1) is 5.92 Å². The van der Waals surface area contributed by atoms with Crippen molar-refractivity contribution in [1.29, 1.82) is 0 Å². The summed E-state index contributed by atoms with van der Waals surface area (Å²) < 4.78 is 0. The van der Waals surface area contributed by atoms with E-state index < -0.39 is 0 Å². The van der Waals surface area contributed by atoms with Crippen LogP contribution >= 0.6 is 11.6 Å². The molecule has 24 heavy (non-hydrogen) atoms. The highest BCUT2D eigenvalue weighted by Crippen LogP contribution is 2.31. The van der Waals surface area contributed by atoms with Crippen LogP contribution in [0.25, 0.3) is 0 Å². The van der Waals surface area contributed by atoms with Gasteiger partial charge in [0.25, 0.3) is 5.91 Å². The molecule has 5 rings (SSSR count). The van der Waals surface area contributed by atoms with Gasteiger partial charge < -0.3 is 14.7 Å². The van der Waals surface area contributed by atoms with Crippen molar-refractivity contribution in [2.45, 2.75) is 31.7 Å². The number of hydrogen-bond acceptors (Lipinski definition) is 3. The van der Waals surface area contributed by atoms with E-state index in [1.165, 1.54) is 25.7 Å². The van der Waals surface area contributed by atoms with Crippen LogP contribution in [-0.4, -0.2) is 61.5 Å². The molecule has 0 N–H and O–H groups in total. The molecule has 4 aliphatic heterocycles. The molecule has 0 spiro atoms. The van der Waals surface area contributed by atoms with E-state index in [0.29, 0.717) is 17.0 Å². The summed E-state index contributed by atoms with van der Waals surface area (Å²) in [6.45, 7) is 4.97. The van der Waals surface area contributed by atoms with Crippen molar-refractivity contribution in [3.8, 4) is 0 Å². The van der Waals surface area contributed by atoms with Crippen LogP contribution in [-0.2, 0) is 0 Å². The number of likely N-dealkylation sites (N-methyl/N-ethyl adjacent to an activating group) is 1. The van der Waals surface area contributed by atoms with E-state index in [2.05, 4.69) is 16.8 Å². The normalized spacial score (nSPS) is 27.6. The van der Waals surface area contributed by atoms with Crippen molar-refractivity contribution in [3.05, 3.63) is 28.8 Å². The maximum Gasteiger partial charge on any atom is 0.253 e. The minimum absolute atomic E-state index is 0.136. The van der Waals surface area contributed by atoms with E-state index >= 15 is 0 Å². The van der Waals surface area contributed by atoms with Gasteiger partial charge in [0.1, 0.15) is 0 Å². The second kappa shape index (κ2) is 6.57. The molecule has 4 saturated heterocycles. The van der Waals surface area contributed by atoms with E-state index in [1.807, 2.05) is 23.1 Å². The summed E-state index contributed by atoms with van der Waals surface area (Å²) in [6, 6.07) is 6.36. The monoisotopic (exact) mass is 347 g/mol. The molecule has 4 nitrogen and oxygen atoms in total. The number of benzene rings is 1. The van der Waals surface area contributed by atoms with E-state index in [9.17, 15) is 4.79 Å². The minimum atomic E-state index is 0.136. The molecule has 1 aromatic carbocycles. The lowest BCUT2D eigenvalue weighted by Crippen LogP contribution is -2.41. The third-order valence-electron chi connectivity index (χ3n) is 5.92. The van der Waals surface area contributed by atoms with Crippen LogP contribution in [0.4, 0.5) is 5.69 Å². The molecule has 2 bridgehead atoms. The van der Waals surface area contributed by atoms with Gasteiger partial charge in [0.2, 0.25) is 0 Å². The van der Waals surface area contributed by atoms with Crippen LogP contribution in [0.3, 0.4) is 0 Å². The molecule has 0 radical (unpaired) electrons. The quantitative estimate of drug-likeness (QED) is 0.822. The van der Waals surface area contributed by atoms with E-state index in [1.54, 1.807) is 0 Å². The number of rotatable bonds is 2. The summed E-state index contributed by atoms with van der Waals surface area (Å²) in [6.07, 6.45) is 4.90. The van der Waals surface area contributed by atoms with Crippen molar-refractivity contribution >= 4 is 23.2 Å². The number of amides is 1. The first-order chi connectivity index (χ1) is 11.6. The zero-order chi connectivity index (χ0) is 16.7. The number of halogens is 1. The number of piperidine rings is 1. The average Bonchev–Trinajstić information content (AvgIpc) is 2.96. The molecule has 1 aromatic rings. The van der Waals surface area contributed by atoms with Gasteiger partial charge in [-0.05, 0) is 56.8 Å². The maximum absolute atomic E-state index is 13.0. The second-order valence-corrected chi connectivity index (χ2v) is 8.01. The Morgan fingerprint density at radius 2 is 1.92 bits per heavy atom. The molecule has 5 heteroatoms. The third-order valence-corrected chi connectivity index (χ3v) is 6.22. The summed E-state index contributed by atoms with van der Waals surface area (Å²) in [5.41, 5.74) is 1.80. The molecule has 0 aliphatic carbocycles. The molecule has 0 unspecified atom stereocenters. The molecule has 130 valence electrons. The molecule has 4 heterocycles. The average molecular weight is 348 g/mol. The molecule has 0 aromatic heterocycles. The fourth-order valence-corrected chi connectivity index (χ4v) is 4.82. The topological polar surface area (TPSA) is 26.8 Å². The lowest BCUT2D eigenvalue weighted by atomic mass is 9.96. The molecule has 4 fully saturated rings. The van der Waals surface area contributed by atoms with Gasteiger partial charge in [-0.1, -0.05) is 11.6 Å². The predicted molar refractivity (Wildman–Crippen MR) is 97.9 cm³/mol. The van der Waals surface area contributed by atoms with E-state index in [-0.39, 0.29) is 5.91 Å². The number of anilines is 1. The van der Waals surface area contributed by atoms with Gasteiger partial charge in [-0.3, -0.25) is 4.79 Å². The standard InChI is InChI=1S/C19H26ClN3O/c1-21-11-14-4-6-16(21)13-23(12-14)19(24)15-5-7-18(17(20)10-15)22-8-2-3-9-22/h5,7,10,14,16H,2-4,6,8-9,11-13H2,1H3/t14-,16-/m1/s1. The fraction of sp³-hybridized carbons (Fsp3) is 0.632. The lowest BCUT2D eigenvalue weighted by Gasteiger charge is -2.32. The Labute approximate surface area is 149 Å². The van der Waals surface area contributed by atoms with Crippen molar-refractivity contribution < 1.29 is 4.79 Å². The smallest absolute Gasteiger partial charge is 0.253 e. The highest BCUT2D eigenvalue weighted by atomic mass is 35.5. The summed E-state index contributed by atoms with van der Waals surface area (Å²) in [5, 5.41) is 0.706. The Bertz CT molecular complexity index is 629. The first-order valence-electron chi connectivity index (χ1n) is 9.16. The zero-order valence-corrected chi connectivity index (χ0v) is 15.1. The van der Waals surface area contributed by atoms with Gasteiger partial charge in [0.05, 0.1) is 10.7 Å². The van der Waals surface area contributed by atoms with Crippen LogP contribution in [0.15, 0.2) is 18.2 Å². The van der Waals surface area contributed by atoms with E-state index in [0.717, 1.165) is 44.0 Å². The number of carbonyl (C=O) groups is 1. The second-order valence-electron chi connectivity index (χ2n) is 7.61. The van der Waals surface area contributed by atoms with Crippen molar-refractivity contribution in [2.24, 2.45) is 5.92 Å². The van der Waals surface area contributed by atoms with Crippen molar-refractivity contribution in [2.75, 3.05) is 44.7 Å². The van der Waals surface area contributed by atoms with Crippen molar-refractivity contribution in [1.82, 2.24) is 9.80 Å². The first-order valence-corrected chi connectivity index (χ1v) is 9.53. The Balaban J connectivity index is 1.53. The first kappa shape index (κ1) is 16.2. The lowest BCUT2D eigenvalue weighted by molar-refractivity contribution is 0.0742. The number of nitrogens with zero attached hydrogens (tertiary/aromatic N) is 3. The number of carbonyl (C=O) groups excluding carboxylic acids is 1. The Hall–Kier alpha value is -1.26. The summed E-state index contributed by atoms with van der Waals surface area (Å²) in [5.74, 6) is 0.745. The SMILES string of the molecule is CN1C[C@H]2CC[C@@H]1CN(C(=O)c1ccc(N3CCCC3)c(Cl)c1)C2. The van der Waals surface area contributed by atoms with Crippen LogP contribution in [0.2, 0.25) is 5.02 Å². The van der Waals surface area contributed by atoms with Crippen LogP contribution in [0.5, 0.6) is 0 Å². The summed E-state index contributed by atoms with van der Waals surface area (Å²) in [7, 11) is 2.19. The molecule has 2 atom stereocenters.